The Hall–Kier alpha value is -2.90. The number of thiazole rings is 1. The van der Waals surface area contributed by atoms with E-state index in [2.05, 4.69) is 10.1 Å². The Bertz CT molecular complexity index is 1180. The van der Waals surface area contributed by atoms with Gasteiger partial charge in [-0.1, -0.05) is 64.5 Å². The first-order valence-electron chi connectivity index (χ1n) is 9.70. The molecular weight excluding hydrogens is 422 g/mol. The maximum absolute atomic E-state index is 12.8. The highest BCUT2D eigenvalue weighted by Crippen LogP contribution is 2.33. The summed E-state index contributed by atoms with van der Waals surface area (Å²) < 4.78 is 12.4. The number of halogens is 1. The van der Waals surface area contributed by atoms with Crippen LogP contribution in [0.15, 0.2) is 59.1 Å². The van der Waals surface area contributed by atoms with Crippen molar-refractivity contribution in [3.8, 4) is 16.5 Å². The predicted molar refractivity (Wildman–Crippen MR) is 116 cm³/mol. The van der Waals surface area contributed by atoms with Gasteiger partial charge in [0.25, 0.3) is 11.1 Å². The Morgan fingerprint density at radius 1 is 1.13 bits per heavy atom. The molecule has 1 saturated heterocycles. The van der Waals surface area contributed by atoms with E-state index in [1.165, 1.54) is 11.3 Å². The molecule has 8 heteroatoms. The second-order valence-corrected chi connectivity index (χ2v) is 8.52. The molecule has 0 radical (unpaired) electrons. The largest absolute Gasteiger partial charge is 0.467 e. The maximum atomic E-state index is 12.8. The van der Waals surface area contributed by atoms with E-state index in [1.807, 2.05) is 48.5 Å². The van der Waals surface area contributed by atoms with Gasteiger partial charge < -0.3 is 14.2 Å². The summed E-state index contributed by atoms with van der Waals surface area (Å²) >= 11 is 7.69. The van der Waals surface area contributed by atoms with E-state index in [0.29, 0.717) is 34.8 Å². The molecule has 1 fully saturated rings. The van der Waals surface area contributed by atoms with Crippen LogP contribution in [0.1, 0.15) is 23.3 Å². The van der Waals surface area contributed by atoms with Crippen LogP contribution < -0.4 is 4.74 Å². The molecule has 1 amide bonds. The molecule has 0 unspecified atom stereocenters. The molecule has 1 aliphatic rings. The van der Waals surface area contributed by atoms with Gasteiger partial charge in [-0.05, 0) is 12.1 Å². The number of ether oxygens (including phenoxy) is 1. The number of para-hydroxylation sites is 1. The Kier molecular flexibility index (Phi) is 5.14. The molecule has 30 heavy (non-hydrogen) atoms. The maximum Gasteiger partial charge on any atom is 0.276 e. The summed E-state index contributed by atoms with van der Waals surface area (Å²) in [6.07, 6.45) is 1.49. The monoisotopic (exact) mass is 439 g/mol. The molecule has 2 aromatic carbocycles. The number of nitrogens with zero attached hydrogens (tertiary/aromatic N) is 3. The molecule has 3 heterocycles. The molecule has 2 aromatic heterocycles. The number of benzene rings is 2. The van der Waals surface area contributed by atoms with Gasteiger partial charge in [0.2, 0.25) is 0 Å². The molecule has 0 atom stereocenters. The summed E-state index contributed by atoms with van der Waals surface area (Å²) in [4.78, 5) is 19.1. The van der Waals surface area contributed by atoms with Crippen molar-refractivity contribution in [3.63, 3.8) is 0 Å². The van der Waals surface area contributed by atoms with Crippen LogP contribution in [-0.4, -0.2) is 40.1 Å². The third kappa shape index (κ3) is 3.78. The summed E-state index contributed by atoms with van der Waals surface area (Å²) in [6, 6.07) is 17.0. The van der Waals surface area contributed by atoms with Crippen molar-refractivity contribution in [2.24, 2.45) is 0 Å². The zero-order chi connectivity index (χ0) is 20.5. The summed E-state index contributed by atoms with van der Waals surface area (Å²) in [7, 11) is 0. The van der Waals surface area contributed by atoms with Crippen molar-refractivity contribution in [1.29, 1.82) is 0 Å². The highest BCUT2D eigenvalue weighted by Gasteiger charge is 2.27. The van der Waals surface area contributed by atoms with Gasteiger partial charge in [-0.15, -0.1) is 0 Å². The van der Waals surface area contributed by atoms with E-state index in [4.69, 9.17) is 20.9 Å². The molecule has 152 valence electrons. The van der Waals surface area contributed by atoms with E-state index in [9.17, 15) is 4.79 Å². The van der Waals surface area contributed by atoms with Gasteiger partial charge in [-0.3, -0.25) is 4.79 Å². The average Bonchev–Trinajstić information content (AvgIpc) is 3.42. The number of likely N-dealkylation sites (tertiary alicyclic amines) is 1. The van der Waals surface area contributed by atoms with Gasteiger partial charge in [0, 0.05) is 37.6 Å². The van der Waals surface area contributed by atoms with Crippen molar-refractivity contribution in [2.45, 2.75) is 18.9 Å². The lowest BCUT2D eigenvalue weighted by Crippen LogP contribution is -2.41. The first-order valence-corrected chi connectivity index (χ1v) is 10.9. The van der Waals surface area contributed by atoms with Gasteiger partial charge >= 0.3 is 0 Å². The van der Waals surface area contributed by atoms with Crippen LogP contribution in [0.25, 0.3) is 21.5 Å². The number of aromatic nitrogens is 2. The SMILES string of the molecule is O=C(c1cc(-c2ccccc2)on1)N1CCC(Oc2nc3c(Cl)cccc3s2)CC1. The lowest BCUT2D eigenvalue weighted by molar-refractivity contribution is 0.0586. The number of carbonyl (C=O) groups excluding carboxylic acids is 1. The predicted octanol–water partition coefficient (Wildman–Crippen LogP) is 5.29. The molecular formula is C22H18ClN3O3S. The Labute approximate surface area is 182 Å². The van der Waals surface area contributed by atoms with E-state index in [-0.39, 0.29) is 12.0 Å². The highest BCUT2D eigenvalue weighted by molar-refractivity contribution is 7.20. The summed E-state index contributed by atoms with van der Waals surface area (Å²) in [5.41, 5.74) is 1.99. The first-order chi connectivity index (χ1) is 14.7. The molecule has 0 spiro atoms. The van der Waals surface area contributed by atoms with E-state index >= 15 is 0 Å². The van der Waals surface area contributed by atoms with Gasteiger partial charge in [0.15, 0.2) is 11.5 Å². The smallest absolute Gasteiger partial charge is 0.276 e. The van der Waals surface area contributed by atoms with Crippen LogP contribution in [0, 0.1) is 0 Å². The fraction of sp³-hybridized carbons (Fsp3) is 0.227. The number of hydrogen-bond acceptors (Lipinski definition) is 6. The lowest BCUT2D eigenvalue weighted by Gasteiger charge is -2.31. The van der Waals surface area contributed by atoms with Crippen molar-refractivity contribution in [1.82, 2.24) is 15.0 Å². The summed E-state index contributed by atoms with van der Waals surface area (Å²) in [6.45, 7) is 1.20. The molecule has 5 rings (SSSR count). The molecule has 6 nitrogen and oxygen atoms in total. The van der Waals surface area contributed by atoms with Crippen LogP contribution in [0.4, 0.5) is 0 Å². The van der Waals surface area contributed by atoms with Gasteiger partial charge in [-0.25, -0.2) is 4.98 Å². The second kappa shape index (κ2) is 8.08. The Morgan fingerprint density at radius 2 is 1.93 bits per heavy atom. The molecule has 1 aliphatic heterocycles. The third-order valence-corrected chi connectivity index (χ3v) is 6.35. The average molecular weight is 440 g/mol. The van der Waals surface area contributed by atoms with Gasteiger partial charge in [0.05, 0.1) is 9.72 Å². The van der Waals surface area contributed by atoms with Gasteiger partial charge in [0.1, 0.15) is 11.6 Å². The number of piperidine rings is 1. The van der Waals surface area contributed by atoms with Crippen LogP contribution in [-0.2, 0) is 0 Å². The molecule has 4 aromatic rings. The minimum absolute atomic E-state index is 0.0191. The van der Waals surface area contributed by atoms with E-state index < -0.39 is 0 Å². The lowest BCUT2D eigenvalue weighted by atomic mass is 10.1. The number of amides is 1. The molecule has 0 saturated carbocycles. The van der Waals surface area contributed by atoms with Crippen molar-refractivity contribution in [2.75, 3.05) is 13.1 Å². The quantitative estimate of drug-likeness (QED) is 0.432. The minimum Gasteiger partial charge on any atom is -0.467 e. The van der Waals surface area contributed by atoms with Crippen LogP contribution in [0.3, 0.4) is 0 Å². The van der Waals surface area contributed by atoms with E-state index in [1.54, 1.807) is 11.0 Å². The standard InChI is InChI=1S/C22H18ClN3O3S/c23-16-7-4-8-19-20(16)24-22(30-19)28-15-9-11-26(12-10-15)21(27)17-13-18(29-25-17)14-5-2-1-3-6-14/h1-8,13,15H,9-12H2. The number of rotatable bonds is 4. The highest BCUT2D eigenvalue weighted by atomic mass is 35.5. The van der Waals surface area contributed by atoms with Crippen molar-refractivity contribution < 1.29 is 14.1 Å². The number of hydrogen-bond donors (Lipinski definition) is 0. The van der Waals surface area contributed by atoms with Crippen LogP contribution in [0.2, 0.25) is 5.02 Å². The zero-order valence-corrected chi connectivity index (χ0v) is 17.5. The molecule has 0 aliphatic carbocycles. The second-order valence-electron chi connectivity index (χ2n) is 7.12. The zero-order valence-electron chi connectivity index (χ0n) is 16.0. The molecule has 0 bridgehead atoms. The van der Waals surface area contributed by atoms with E-state index in [0.717, 1.165) is 28.6 Å². The minimum atomic E-state index is -0.119. The van der Waals surface area contributed by atoms with Crippen LogP contribution >= 0.6 is 22.9 Å². The summed E-state index contributed by atoms with van der Waals surface area (Å²) in [5.74, 6) is 0.470. The third-order valence-electron chi connectivity index (χ3n) is 5.13. The van der Waals surface area contributed by atoms with Crippen molar-refractivity contribution in [3.05, 3.63) is 65.3 Å². The van der Waals surface area contributed by atoms with Crippen molar-refractivity contribution >= 4 is 39.1 Å². The normalized spacial score (nSPS) is 14.9. The summed E-state index contributed by atoms with van der Waals surface area (Å²) in [5, 5.41) is 5.21. The van der Waals surface area contributed by atoms with Crippen LogP contribution in [0.5, 0.6) is 5.19 Å². The fourth-order valence-corrected chi connectivity index (χ4v) is 4.72. The fourth-order valence-electron chi connectivity index (χ4n) is 3.54. The topological polar surface area (TPSA) is 68.5 Å². The Balaban J connectivity index is 1.21. The first kappa shape index (κ1) is 19.1. The number of carbonyl (C=O) groups is 1. The number of fused-ring (bicyclic) bond motifs is 1. The van der Waals surface area contributed by atoms with Gasteiger partial charge in [-0.2, -0.15) is 0 Å². The Morgan fingerprint density at radius 3 is 2.70 bits per heavy atom. The molecule has 0 N–H and O–H groups in total.